The summed E-state index contributed by atoms with van der Waals surface area (Å²) in [5, 5.41) is 11.8. The number of hydrogen-bond acceptors (Lipinski definition) is 2. The average Bonchev–Trinajstić information content (AvgIpc) is 3.76. The Balaban J connectivity index is 1.06. The summed E-state index contributed by atoms with van der Waals surface area (Å²) in [4.78, 5) is 5.66. The smallest absolute Gasteiger partial charge is 0.139 e. The lowest BCUT2D eigenvalue weighted by atomic mass is 9.79. The number of nitrogens with zero attached hydrogens (tertiary/aromatic N) is 1. The van der Waals surface area contributed by atoms with Gasteiger partial charge >= 0.3 is 0 Å². The predicted molar refractivity (Wildman–Crippen MR) is 297 cm³/mol. The van der Waals surface area contributed by atoms with Crippen LogP contribution < -0.4 is 0 Å². The summed E-state index contributed by atoms with van der Waals surface area (Å²) in [5.41, 5.74) is 17.7. The first-order valence-corrected chi connectivity index (χ1v) is 24.4. The largest absolute Gasteiger partial charge is 0.456 e. The number of allylic oxidation sites excluding steroid dienone is 1. The monoisotopic (exact) mass is 895 g/mol. The van der Waals surface area contributed by atoms with Gasteiger partial charge in [-0.2, -0.15) is 0 Å². The Morgan fingerprint density at radius 1 is 0.443 bits per heavy atom. The molecule has 2 nitrogen and oxygen atoms in total. The molecular formula is C68H49NO. The lowest BCUT2D eigenvalue weighted by molar-refractivity contribution is 0.660. The van der Waals surface area contributed by atoms with Gasteiger partial charge in [0.1, 0.15) is 17.2 Å². The third-order valence-corrected chi connectivity index (χ3v) is 15.0. The minimum Gasteiger partial charge on any atom is -0.456 e. The van der Waals surface area contributed by atoms with Gasteiger partial charge in [-0.25, -0.2) is 0 Å². The maximum absolute atomic E-state index is 7.15. The number of fused-ring (bicyclic) bond motifs is 7. The van der Waals surface area contributed by atoms with Gasteiger partial charge in [0.2, 0.25) is 0 Å². The molecule has 2 heteroatoms. The minimum atomic E-state index is -0.311. The highest BCUT2D eigenvalue weighted by atomic mass is 16.3. The Morgan fingerprint density at radius 2 is 0.986 bits per heavy atom. The van der Waals surface area contributed by atoms with Gasteiger partial charge in [0, 0.05) is 27.8 Å². The van der Waals surface area contributed by atoms with Gasteiger partial charge in [-0.1, -0.05) is 183 Å². The Bertz CT molecular complexity index is 4170. The Kier molecular flexibility index (Phi) is 9.85. The Morgan fingerprint density at radius 3 is 1.67 bits per heavy atom. The molecule has 0 bridgehead atoms. The second kappa shape index (κ2) is 16.6. The molecule has 0 unspecified atom stereocenters. The quantitative estimate of drug-likeness (QED) is 0.156. The zero-order chi connectivity index (χ0) is 47.0. The number of benzene rings is 11. The summed E-state index contributed by atoms with van der Waals surface area (Å²) < 4.78 is 7.15. The van der Waals surface area contributed by atoms with Crippen molar-refractivity contribution in [3.05, 3.63) is 269 Å². The van der Waals surface area contributed by atoms with Crippen LogP contribution in [0.3, 0.4) is 0 Å². The summed E-state index contributed by atoms with van der Waals surface area (Å²) in [7, 11) is 0. The van der Waals surface area contributed by atoms with Crippen LogP contribution in [0, 0.1) is 6.92 Å². The van der Waals surface area contributed by atoms with Crippen LogP contribution in [0.2, 0.25) is 0 Å². The van der Waals surface area contributed by atoms with Gasteiger partial charge in [0.25, 0.3) is 0 Å². The first kappa shape index (κ1) is 41.6. The molecule has 1 aliphatic rings. The van der Waals surface area contributed by atoms with E-state index in [0.29, 0.717) is 0 Å². The summed E-state index contributed by atoms with van der Waals surface area (Å²) in [6.45, 7) is 11.8. The molecule has 1 aliphatic heterocycles. The van der Waals surface area contributed by atoms with Crippen molar-refractivity contribution in [2.45, 2.75) is 32.7 Å². The van der Waals surface area contributed by atoms with E-state index in [2.05, 4.69) is 239 Å². The number of furan rings is 1. The van der Waals surface area contributed by atoms with E-state index in [-0.39, 0.29) is 12.0 Å². The van der Waals surface area contributed by atoms with Crippen molar-refractivity contribution in [3.8, 4) is 22.3 Å². The minimum absolute atomic E-state index is 0.0735. The molecule has 2 atom stereocenters. The van der Waals surface area contributed by atoms with Gasteiger partial charge in [-0.15, -0.1) is 0 Å². The third-order valence-electron chi connectivity index (χ3n) is 15.0. The molecule has 0 fully saturated rings. The molecule has 70 heavy (non-hydrogen) atoms. The van der Waals surface area contributed by atoms with Crippen LogP contribution in [-0.4, -0.2) is 5.71 Å². The van der Waals surface area contributed by atoms with Crippen molar-refractivity contribution >= 4 is 76.3 Å². The van der Waals surface area contributed by atoms with Gasteiger partial charge in [-0.3, -0.25) is 4.99 Å². The zero-order valence-corrected chi connectivity index (χ0v) is 39.5. The first-order valence-electron chi connectivity index (χ1n) is 24.4. The second-order valence-electron chi connectivity index (χ2n) is 19.2. The van der Waals surface area contributed by atoms with E-state index in [9.17, 15) is 0 Å². The van der Waals surface area contributed by atoms with E-state index < -0.39 is 0 Å². The molecule has 0 spiro atoms. The third kappa shape index (κ3) is 6.98. The molecular weight excluding hydrogens is 847 g/mol. The fraction of sp³-hybridized carbons (Fsp3) is 0.0735. The van der Waals surface area contributed by atoms with Crippen molar-refractivity contribution in [2.24, 2.45) is 4.99 Å². The molecule has 13 rings (SSSR count). The highest BCUT2D eigenvalue weighted by Gasteiger charge is 2.31. The molecule has 11 aromatic carbocycles. The standard InChI is InChI=1S/C68H49NO/c1-41-32-49-19-10-11-21-51(49)34-58(41)61-36-53-23-13-12-22-52(53)35-59(61)42(2)60-38-57(39-63-62-37-54-24-14-15-25-55(54)40-64(62)70-68(60)63)65-43(3)66(48-29-26-47(27-30-48)45-16-6-5-7-17-45)69-67(44(65)4)56-31-28-46-18-8-9-20-50(46)33-56/h5-40,42,66H,3H2,1-2,4H3/t42-,66+/m1/s1. The van der Waals surface area contributed by atoms with Crippen LogP contribution in [0.15, 0.2) is 246 Å². The number of aliphatic imine (C=N–C) groups is 1. The molecule has 2 heterocycles. The van der Waals surface area contributed by atoms with E-state index in [4.69, 9.17) is 16.0 Å². The second-order valence-corrected chi connectivity index (χ2v) is 19.2. The molecule has 1 aromatic heterocycles. The number of dihydropyridines is 1. The normalized spacial score (nSPS) is 14.6. The molecule has 0 amide bonds. The van der Waals surface area contributed by atoms with Crippen molar-refractivity contribution in [2.75, 3.05) is 0 Å². The van der Waals surface area contributed by atoms with E-state index >= 15 is 0 Å². The summed E-state index contributed by atoms with van der Waals surface area (Å²) in [6, 6.07) is 79.4. The van der Waals surface area contributed by atoms with Crippen LogP contribution in [0.4, 0.5) is 0 Å². The molecule has 0 radical (unpaired) electrons. The van der Waals surface area contributed by atoms with Crippen LogP contribution in [0.1, 0.15) is 59.2 Å². The van der Waals surface area contributed by atoms with Gasteiger partial charge in [-0.05, 0) is 167 Å². The van der Waals surface area contributed by atoms with Crippen molar-refractivity contribution in [1.29, 1.82) is 0 Å². The SMILES string of the molecule is C=C1C(c2cc([C@H](C)c3cc4ccccc4cc3-c3cc4ccccc4cc3C)c3oc4cc5ccccc5cc4c3c2)=C(C)C(c2ccc3ccccc3c2)=N[C@@H]1c1ccc(-c2ccccc2)cc1. The molecule has 0 saturated carbocycles. The Labute approximate surface area is 408 Å². The zero-order valence-electron chi connectivity index (χ0n) is 39.5. The lowest BCUT2D eigenvalue weighted by Crippen LogP contribution is -2.17. The highest BCUT2D eigenvalue weighted by molar-refractivity contribution is 6.21. The van der Waals surface area contributed by atoms with E-state index in [1.165, 1.54) is 71.1 Å². The van der Waals surface area contributed by atoms with Crippen molar-refractivity contribution < 1.29 is 4.42 Å². The molecule has 0 saturated heterocycles. The summed E-state index contributed by atoms with van der Waals surface area (Å²) in [6.07, 6.45) is 0. The molecule has 332 valence electrons. The average molecular weight is 896 g/mol. The highest BCUT2D eigenvalue weighted by Crippen LogP contribution is 2.48. The van der Waals surface area contributed by atoms with Gasteiger partial charge in [0.05, 0.1) is 5.71 Å². The van der Waals surface area contributed by atoms with Gasteiger partial charge in [0.15, 0.2) is 0 Å². The van der Waals surface area contributed by atoms with Gasteiger partial charge < -0.3 is 4.42 Å². The van der Waals surface area contributed by atoms with Crippen molar-refractivity contribution in [3.63, 3.8) is 0 Å². The van der Waals surface area contributed by atoms with Crippen LogP contribution >= 0.6 is 0 Å². The van der Waals surface area contributed by atoms with Crippen LogP contribution in [-0.2, 0) is 0 Å². The Hall–Kier alpha value is -8.59. The predicted octanol–water partition coefficient (Wildman–Crippen LogP) is 18.6. The molecule has 12 aromatic rings. The fourth-order valence-corrected chi connectivity index (χ4v) is 11.3. The number of aryl methyl sites for hydroxylation is 1. The molecule has 0 N–H and O–H groups in total. The lowest BCUT2D eigenvalue weighted by Gasteiger charge is -2.29. The maximum atomic E-state index is 7.15. The number of rotatable bonds is 7. The van der Waals surface area contributed by atoms with E-state index in [0.717, 1.165) is 72.0 Å². The first-order chi connectivity index (χ1) is 34.3. The van der Waals surface area contributed by atoms with Crippen LogP contribution in [0.5, 0.6) is 0 Å². The fourth-order valence-electron chi connectivity index (χ4n) is 11.3. The maximum Gasteiger partial charge on any atom is 0.139 e. The van der Waals surface area contributed by atoms with Crippen LogP contribution in [0.25, 0.3) is 92.9 Å². The topological polar surface area (TPSA) is 25.5 Å². The molecule has 0 aliphatic carbocycles. The van der Waals surface area contributed by atoms with Crippen molar-refractivity contribution in [1.82, 2.24) is 0 Å². The van der Waals surface area contributed by atoms with E-state index in [1.54, 1.807) is 0 Å². The summed E-state index contributed by atoms with van der Waals surface area (Å²) in [5.74, 6) is -0.0735. The summed E-state index contributed by atoms with van der Waals surface area (Å²) >= 11 is 0. The number of hydrogen-bond donors (Lipinski definition) is 0. The van der Waals surface area contributed by atoms with E-state index in [1.807, 2.05) is 0 Å².